The number of aromatic nitrogens is 1. The number of pyridine rings is 1. The van der Waals surface area contributed by atoms with E-state index in [2.05, 4.69) is 15.2 Å². The van der Waals surface area contributed by atoms with E-state index in [0.717, 1.165) is 42.0 Å². The molecular weight excluding hydrogens is 316 g/mol. The Labute approximate surface area is 146 Å². The van der Waals surface area contributed by atoms with Crippen molar-refractivity contribution in [3.8, 4) is 0 Å². The Kier molecular flexibility index (Phi) is 4.35. The maximum Gasteiger partial charge on any atom is 0.321 e. The van der Waals surface area contributed by atoms with Gasteiger partial charge in [0.15, 0.2) is 0 Å². The van der Waals surface area contributed by atoms with Crippen molar-refractivity contribution < 1.29 is 9.21 Å². The van der Waals surface area contributed by atoms with Gasteiger partial charge in [0.25, 0.3) is 0 Å². The van der Waals surface area contributed by atoms with Gasteiger partial charge in [-0.1, -0.05) is 18.2 Å². The van der Waals surface area contributed by atoms with Gasteiger partial charge in [-0.25, -0.2) is 4.79 Å². The van der Waals surface area contributed by atoms with E-state index in [-0.39, 0.29) is 6.03 Å². The monoisotopic (exact) mass is 336 g/mol. The third kappa shape index (κ3) is 3.49. The Morgan fingerprint density at radius 2 is 1.92 bits per heavy atom. The van der Waals surface area contributed by atoms with Gasteiger partial charge in [0, 0.05) is 37.8 Å². The van der Waals surface area contributed by atoms with Crippen LogP contribution >= 0.6 is 0 Å². The second kappa shape index (κ2) is 6.94. The highest BCUT2D eigenvalue weighted by Gasteiger charge is 2.22. The Balaban J connectivity index is 1.37. The summed E-state index contributed by atoms with van der Waals surface area (Å²) in [6, 6.07) is 13.5. The number of anilines is 1. The van der Waals surface area contributed by atoms with Gasteiger partial charge in [-0.05, 0) is 24.3 Å². The first-order chi connectivity index (χ1) is 12.3. The van der Waals surface area contributed by atoms with E-state index < -0.39 is 0 Å². The van der Waals surface area contributed by atoms with Crippen LogP contribution in [0.2, 0.25) is 0 Å². The van der Waals surface area contributed by atoms with Crippen LogP contribution in [0.5, 0.6) is 0 Å². The lowest BCUT2D eigenvalue weighted by molar-refractivity contribution is 0.137. The summed E-state index contributed by atoms with van der Waals surface area (Å²) < 4.78 is 5.39. The van der Waals surface area contributed by atoms with Gasteiger partial charge in [-0.15, -0.1) is 0 Å². The van der Waals surface area contributed by atoms with Crippen LogP contribution in [-0.4, -0.2) is 47.0 Å². The second-order valence-electron chi connectivity index (χ2n) is 6.15. The van der Waals surface area contributed by atoms with Gasteiger partial charge in [-0.3, -0.25) is 9.88 Å². The van der Waals surface area contributed by atoms with E-state index >= 15 is 0 Å². The van der Waals surface area contributed by atoms with Crippen molar-refractivity contribution in [2.24, 2.45) is 0 Å². The largest absolute Gasteiger partial charge is 0.468 e. The van der Waals surface area contributed by atoms with E-state index in [1.807, 2.05) is 47.4 Å². The number of piperazine rings is 1. The lowest BCUT2D eigenvalue weighted by Gasteiger charge is -2.34. The SMILES string of the molecule is O=C(Nc1cccc2cccnc12)N1CCN(Cc2ccco2)CC1. The zero-order valence-electron chi connectivity index (χ0n) is 13.9. The molecule has 128 valence electrons. The summed E-state index contributed by atoms with van der Waals surface area (Å²) in [5.74, 6) is 0.958. The molecule has 3 aromatic rings. The fraction of sp³-hybridized carbons (Fsp3) is 0.263. The van der Waals surface area contributed by atoms with Crippen LogP contribution in [0, 0.1) is 0 Å². The highest BCUT2D eigenvalue weighted by molar-refractivity contribution is 5.99. The van der Waals surface area contributed by atoms with Gasteiger partial charge in [0.2, 0.25) is 0 Å². The second-order valence-corrected chi connectivity index (χ2v) is 6.15. The van der Waals surface area contributed by atoms with Crippen LogP contribution < -0.4 is 5.32 Å². The number of furan rings is 1. The van der Waals surface area contributed by atoms with Crippen LogP contribution in [0.15, 0.2) is 59.3 Å². The minimum Gasteiger partial charge on any atom is -0.468 e. The first-order valence-electron chi connectivity index (χ1n) is 8.44. The van der Waals surface area contributed by atoms with Crippen molar-refractivity contribution in [3.63, 3.8) is 0 Å². The highest BCUT2D eigenvalue weighted by Crippen LogP contribution is 2.21. The van der Waals surface area contributed by atoms with Crippen molar-refractivity contribution in [3.05, 3.63) is 60.7 Å². The number of fused-ring (bicyclic) bond motifs is 1. The molecule has 1 aliphatic heterocycles. The predicted octanol–water partition coefficient (Wildman–Crippen LogP) is 3.18. The number of urea groups is 1. The normalized spacial score (nSPS) is 15.4. The van der Waals surface area contributed by atoms with Gasteiger partial charge in [0.1, 0.15) is 5.76 Å². The summed E-state index contributed by atoms with van der Waals surface area (Å²) >= 11 is 0. The smallest absolute Gasteiger partial charge is 0.321 e. The van der Waals surface area contributed by atoms with E-state index in [1.165, 1.54) is 0 Å². The van der Waals surface area contributed by atoms with Gasteiger partial charge < -0.3 is 14.6 Å². The topological polar surface area (TPSA) is 61.6 Å². The molecule has 0 saturated carbocycles. The number of hydrogen-bond donors (Lipinski definition) is 1. The molecule has 6 heteroatoms. The molecule has 2 aromatic heterocycles. The molecule has 25 heavy (non-hydrogen) atoms. The van der Waals surface area contributed by atoms with Crippen molar-refractivity contribution in [2.75, 3.05) is 31.5 Å². The van der Waals surface area contributed by atoms with Crippen molar-refractivity contribution in [2.45, 2.75) is 6.54 Å². The van der Waals surface area contributed by atoms with E-state index in [9.17, 15) is 4.79 Å². The molecule has 0 atom stereocenters. The van der Waals surface area contributed by atoms with Gasteiger partial charge in [-0.2, -0.15) is 0 Å². The molecule has 1 aromatic carbocycles. The van der Waals surface area contributed by atoms with Crippen LogP contribution in [0.3, 0.4) is 0 Å². The van der Waals surface area contributed by atoms with Gasteiger partial charge >= 0.3 is 6.03 Å². The lowest BCUT2D eigenvalue weighted by Crippen LogP contribution is -2.49. The predicted molar refractivity (Wildman–Crippen MR) is 96.3 cm³/mol. The lowest BCUT2D eigenvalue weighted by atomic mass is 10.2. The van der Waals surface area contributed by atoms with Crippen molar-refractivity contribution in [1.29, 1.82) is 0 Å². The Bertz CT molecular complexity index is 850. The quantitative estimate of drug-likeness (QED) is 0.798. The zero-order valence-corrected chi connectivity index (χ0v) is 13.9. The standard InChI is InChI=1S/C19H20N4O2/c24-19(21-17-7-1-4-15-5-2-8-20-18(15)17)23-11-9-22(10-12-23)14-16-6-3-13-25-16/h1-8,13H,9-12,14H2,(H,21,24). The maximum absolute atomic E-state index is 12.6. The average molecular weight is 336 g/mol. The molecule has 2 amide bonds. The molecule has 3 heterocycles. The molecule has 1 fully saturated rings. The zero-order chi connectivity index (χ0) is 17.1. The third-order valence-corrected chi connectivity index (χ3v) is 4.49. The number of hydrogen-bond acceptors (Lipinski definition) is 4. The average Bonchev–Trinajstić information content (AvgIpc) is 3.16. The summed E-state index contributed by atoms with van der Waals surface area (Å²) in [6.45, 7) is 3.86. The van der Waals surface area contributed by atoms with Crippen molar-refractivity contribution >= 4 is 22.6 Å². The number of para-hydroxylation sites is 1. The number of carbonyl (C=O) groups is 1. The summed E-state index contributed by atoms with van der Waals surface area (Å²) in [5.41, 5.74) is 1.57. The van der Waals surface area contributed by atoms with Crippen LogP contribution in [0.4, 0.5) is 10.5 Å². The fourth-order valence-corrected chi connectivity index (χ4v) is 3.13. The van der Waals surface area contributed by atoms with Crippen LogP contribution in [0.1, 0.15) is 5.76 Å². The number of nitrogens with one attached hydrogen (secondary N) is 1. The molecule has 4 rings (SSSR count). The fourth-order valence-electron chi connectivity index (χ4n) is 3.13. The molecule has 0 aliphatic carbocycles. The first-order valence-corrected chi connectivity index (χ1v) is 8.44. The summed E-state index contributed by atoms with van der Waals surface area (Å²) in [4.78, 5) is 21.1. The van der Waals surface area contributed by atoms with E-state index in [1.54, 1.807) is 12.5 Å². The van der Waals surface area contributed by atoms with E-state index in [4.69, 9.17) is 4.42 Å². The molecule has 0 bridgehead atoms. The molecule has 0 spiro atoms. The molecule has 6 nitrogen and oxygen atoms in total. The number of benzene rings is 1. The number of carbonyl (C=O) groups excluding carboxylic acids is 1. The number of rotatable bonds is 3. The van der Waals surface area contributed by atoms with Crippen LogP contribution in [0.25, 0.3) is 10.9 Å². The maximum atomic E-state index is 12.6. The Morgan fingerprint density at radius 1 is 1.08 bits per heavy atom. The number of amides is 2. The third-order valence-electron chi connectivity index (χ3n) is 4.49. The minimum atomic E-state index is -0.0733. The van der Waals surface area contributed by atoms with E-state index in [0.29, 0.717) is 13.1 Å². The summed E-state index contributed by atoms with van der Waals surface area (Å²) in [7, 11) is 0. The highest BCUT2D eigenvalue weighted by atomic mass is 16.3. The van der Waals surface area contributed by atoms with Crippen molar-refractivity contribution in [1.82, 2.24) is 14.8 Å². The van der Waals surface area contributed by atoms with Crippen LogP contribution in [-0.2, 0) is 6.54 Å². The minimum absolute atomic E-state index is 0.0733. The van der Waals surface area contributed by atoms with Gasteiger partial charge in [0.05, 0.1) is 24.0 Å². The molecular formula is C19H20N4O2. The number of nitrogens with zero attached hydrogens (tertiary/aromatic N) is 3. The molecule has 0 radical (unpaired) electrons. The molecule has 1 saturated heterocycles. The first kappa shape index (κ1) is 15.7. The molecule has 1 N–H and O–H groups in total. The Morgan fingerprint density at radius 3 is 2.72 bits per heavy atom. The summed E-state index contributed by atoms with van der Waals surface area (Å²) in [5, 5.41) is 4.02. The Hall–Kier alpha value is -2.86. The summed E-state index contributed by atoms with van der Waals surface area (Å²) in [6.07, 6.45) is 3.43. The molecule has 1 aliphatic rings. The molecule has 0 unspecified atom stereocenters.